The number of hydrogen-bond acceptors (Lipinski definition) is 1. The van der Waals surface area contributed by atoms with E-state index < -0.39 is 17.3 Å². The summed E-state index contributed by atoms with van der Waals surface area (Å²) in [5, 5.41) is 8.88. The van der Waals surface area contributed by atoms with Gasteiger partial charge in [0.1, 0.15) is 0 Å². The first kappa shape index (κ1) is 12.0. The number of benzene rings is 1. The zero-order valence-electron chi connectivity index (χ0n) is 9.54. The first-order chi connectivity index (χ1) is 7.87. The summed E-state index contributed by atoms with van der Waals surface area (Å²) in [6.07, 6.45) is 1.60. The maximum atomic E-state index is 13.7. The number of carbonyl (C=O) groups is 1. The highest BCUT2D eigenvalue weighted by Gasteiger charge is 2.54. The standard InChI is InChI=1S/C13H14F2O2/c1-12(14,15)13(6-3-7-13)10-5-2-4-9(8-10)11(16)17/h2,4-5,8H,3,6-7H2,1H3,(H,16,17). The fourth-order valence-electron chi connectivity index (χ4n) is 2.46. The molecule has 0 saturated heterocycles. The van der Waals surface area contributed by atoms with E-state index in [2.05, 4.69) is 0 Å². The molecule has 0 aliphatic heterocycles. The molecule has 1 fully saturated rings. The highest BCUT2D eigenvalue weighted by atomic mass is 19.3. The van der Waals surface area contributed by atoms with Gasteiger partial charge in [0.05, 0.1) is 11.0 Å². The summed E-state index contributed by atoms with van der Waals surface area (Å²) in [6.45, 7) is 0.916. The average Bonchev–Trinajstić information content (AvgIpc) is 2.13. The Morgan fingerprint density at radius 2 is 2.06 bits per heavy atom. The van der Waals surface area contributed by atoms with E-state index in [-0.39, 0.29) is 5.56 Å². The minimum Gasteiger partial charge on any atom is -0.478 e. The molecular weight excluding hydrogens is 226 g/mol. The van der Waals surface area contributed by atoms with E-state index in [0.717, 1.165) is 13.3 Å². The molecule has 1 N–H and O–H groups in total. The molecule has 92 valence electrons. The molecule has 2 nitrogen and oxygen atoms in total. The number of halogens is 2. The molecular formula is C13H14F2O2. The quantitative estimate of drug-likeness (QED) is 0.878. The summed E-state index contributed by atoms with van der Waals surface area (Å²) in [6, 6.07) is 5.93. The molecule has 0 bridgehead atoms. The van der Waals surface area contributed by atoms with Crippen molar-refractivity contribution in [1.29, 1.82) is 0 Å². The molecule has 0 aromatic heterocycles. The van der Waals surface area contributed by atoms with Crippen LogP contribution < -0.4 is 0 Å². The minimum absolute atomic E-state index is 0.0676. The molecule has 4 heteroatoms. The predicted octanol–water partition coefficient (Wildman–Crippen LogP) is 3.46. The van der Waals surface area contributed by atoms with Crippen LogP contribution in [0.3, 0.4) is 0 Å². The largest absolute Gasteiger partial charge is 0.478 e. The van der Waals surface area contributed by atoms with Gasteiger partial charge in [0.15, 0.2) is 0 Å². The van der Waals surface area contributed by atoms with Crippen molar-refractivity contribution in [2.75, 3.05) is 0 Å². The number of aromatic carboxylic acids is 1. The van der Waals surface area contributed by atoms with Gasteiger partial charge in [-0.05, 0) is 30.5 Å². The van der Waals surface area contributed by atoms with E-state index in [0.29, 0.717) is 18.4 Å². The second kappa shape index (κ2) is 3.79. The van der Waals surface area contributed by atoms with Crippen LogP contribution in [0, 0.1) is 0 Å². The van der Waals surface area contributed by atoms with Crippen LogP contribution in [-0.4, -0.2) is 17.0 Å². The van der Waals surface area contributed by atoms with Crippen LogP contribution >= 0.6 is 0 Å². The number of carboxylic acids is 1. The SMILES string of the molecule is CC(F)(F)C1(c2cccc(C(=O)O)c2)CCC1. The number of hydrogen-bond donors (Lipinski definition) is 1. The third-order valence-corrected chi connectivity index (χ3v) is 3.71. The first-order valence-electron chi connectivity index (χ1n) is 5.58. The molecule has 2 rings (SSSR count). The highest BCUT2D eigenvalue weighted by Crippen LogP contribution is 2.53. The molecule has 1 aliphatic carbocycles. The lowest BCUT2D eigenvalue weighted by molar-refractivity contribution is -0.0970. The maximum Gasteiger partial charge on any atom is 0.335 e. The summed E-state index contributed by atoms with van der Waals surface area (Å²) in [5.74, 6) is -3.90. The molecule has 1 aromatic carbocycles. The molecule has 0 unspecified atom stereocenters. The van der Waals surface area contributed by atoms with Crippen molar-refractivity contribution in [2.45, 2.75) is 37.5 Å². The van der Waals surface area contributed by atoms with Crippen molar-refractivity contribution in [2.24, 2.45) is 0 Å². The van der Waals surface area contributed by atoms with Crippen molar-refractivity contribution in [3.63, 3.8) is 0 Å². The lowest BCUT2D eigenvalue weighted by atomic mass is 9.61. The van der Waals surface area contributed by atoms with E-state index in [1.807, 2.05) is 0 Å². The highest BCUT2D eigenvalue weighted by molar-refractivity contribution is 5.87. The normalized spacial score (nSPS) is 18.5. The Morgan fingerprint density at radius 1 is 1.41 bits per heavy atom. The first-order valence-corrected chi connectivity index (χ1v) is 5.58. The minimum atomic E-state index is -2.82. The van der Waals surface area contributed by atoms with Crippen molar-refractivity contribution >= 4 is 5.97 Å². The summed E-state index contributed by atoms with van der Waals surface area (Å²) in [4.78, 5) is 10.8. The molecule has 1 saturated carbocycles. The zero-order valence-corrected chi connectivity index (χ0v) is 9.54. The van der Waals surface area contributed by atoms with E-state index >= 15 is 0 Å². The monoisotopic (exact) mass is 240 g/mol. The van der Waals surface area contributed by atoms with Gasteiger partial charge in [0.2, 0.25) is 0 Å². The summed E-state index contributed by atoms with van der Waals surface area (Å²) in [7, 11) is 0. The molecule has 0 atom stereocenters. The van der Waals surface area contributed by atoms with Crippen LogP contribution in [0.25, 0.3) is 0 Å². The lowest BCUT2D eigenvalue weighted by Crippen LogP contribution is -2.48. The van der Waals surface area contributed by atoms with Gasteiger partial charge >= 0.3 is 5.97 Å². The summed E-state index contributed by atoms with van der Waals surface area (Å²) in [5.41, 5.74) is -0.660. The Hall–Kier alpha value is -1.45. The average molecular weight is 240 g/mol. The zero-order chi connectivity index (χ0) is 12.7. The number of alkyl halides is 2. The Kier molecular flexibility index (Phi) is 2.68. The third-order valence-electron chi connectivity index (χ3n) is 3.71. The molecule has 0 spiro atoms. The van der Waals surface area contributed by atoms with Gasteiger partial charge in [-0.1, -0.05) is 18.6 Å². The Balaban J connectivity index is 2.45. The van der Waals surface area contributed by atoms with Gasteiger partial charge in [-0.3, -0.25) is 0 Å². The van der Waals surface area contributed by atoms with Crippen molar-refractivity contribution < 1.29 is 18.7 Å². The van der Waals surface area contributed by atoms with E-state index in [1.165, 1.54) is 18.2 Å². The van der Waals surface area contributed by atoms with Crippen LogP contribution in [0.1, 0.15) is 42.1 Å². The number of carboxylic acid groups (broad SMARTS) is 1. The predicted molar refractivity (Wildman–Crippen MR) is 59.6 cm³/mol. The number of rotatable bonds is 3. The lowest BCUT2D eigenvalue weighted by Gasteiger charge is -2.46. The molecule has 0 radical (unpaired) electrons. The van der Waals surface area contributed by atoms with E-state index in [9.17, 15) is 13.6 Å². The van der Waals surface area contributed by atoms with Crippen LogP contribution in [0.5, 0.6) is 0 Å². The Labute approximate surface area is 98.3 Å². The van der Waals surface area contributed by atoms with Gasteiger partial charge in [-0.2, -0.15) is 0 Å². The smallest absolute Gasteiger partial charge is 0.335 e. The van der Waals surface area contributed by atoms with E-state index in [4.69, 9.17) is 5.11 Å². The Morgan fingerprint density at radius 3 is 2.47 bits per heavy atom. The van der Waals surface area contributed by atoms with Crippen LogP contribution in [-0.2, 0) is 5.41 Å². The fraction of sp³-hybridized carbons (Fsp3) is 0.462. The Bertz CT molecular complexity index is 445. The topological polar surface area (TPSA) is 37.3 Å². The van der Waals surface area contributed by atoms with Crippen molar-refractivity contribution in [3.05, 3.63) is 35.4 Å². The second-order valence-electron chi connectivity index (χ2n) is 4.71. The second-order valence-corrected chi connectivity index (χ2v) is 4.71. The molecule has 1 aliphatic rings. The van der Waals surface area contributed by atoms with Crippen LogP contribution in [0.15, 0.2) is 24.3 Å². The van der Waals surface area contributed by atoms with Crippen molar-refractivity contribution in [1.82, 2.24) is 0 Å². The molecule has 1 aromatic rings. The van der Waals surface area contributed by atoms with E-state index in [1.54, 1.807) is 6.07 Å². The molecule has 0 amide bonds. The molecule has 17 heavy (non-hydrogen) atoms. The van der Waals surface area contributed by atoms with Crippen LogP contribution in [0.2, 0.25) is 0 Å². The van der Waals surface area contributed by atoms with Gasteiger partial charge in [0.25, 0.3) is 5.92 Å². The van der Waals surface area contributed by atoms with Crippen molar-refractivity contribution in [3.8, 4) is 0 Å². The van der Waals surface area contributed by atoms with Gasteiger partial charge in [-0.25, -0.2) is 13.6 Å². The summed E-state index contributed by atoms with van der Waals surface area (Å²) < 4.78 is 27.4. The fourth-order valence-corrected chi connectivity index (χ4v) is 2.46. The van der Waals surface area contributed by atoms with Gasteiger partial charge < -0.3 is 5.11 Å². The van der Waals surface area contributed by atoms with Crippen LogP contribution in [0.4, 0.5) is 8.78 Å². The molecule has 0 heterocycles. The summed E-state index contributed by atoms with van der Waals surface area (Å²) >= 11 is 0. The van der Waals surface area contributed by atoms with Gasteiger partial charge in [0, 0.05) is 6.92 Å². The van der Waals surface area contributed by atoms with Gasteiger partial charge in [-0.15, -0.1) is 0 Å². The maximum absolute atomic E-state index is 13.7. The third kappa shape index (κ3) is 1.81.